The van der Waals surface area contributed by atoms with Gasteiger partial charge in [-0.25, -0.2) is 13.8 Å². The number of para-hydroxylation sites is 1. The number of halogens is 1. The van der Waals surface area contributed by atoms with Crippen molar-refractivity contribution in [3.8, 4) is 11.3 Å². The molecular weight excluding hydrogens is 630 g/mol. The normalized spacial score (nSPS) is 12.0. The van der Waals surface area contributed by atoms with Gasteiger partial charge in [-0.05, 0) is 69.6 Å². The third-order valence-corrected chi connectivity index (χ3v) is 9.42. The van der Waals surface area contributed by atoms with E-state index < -0.39 is 25.7 Å². The van der Waals surface area contributed by atoms with Crippen LogP contribution in [0.4, 0.5) is 14.9 Å². The molecule has 0 atom stereocenters. The summed E-state index contributed by atoms with van der Waals surface area (Å²) in [5.41, 5.74) is 1.75. The molecule has 0 radical (unpaired) electrons. The summed E-state index contributed by atoms with van der Waals surface area (Å²) in [5.74, 6) is -0.804. The Balaban J connectivity index is 1.55. The minimum absolute atomic E-state index is 0.0376. The van der Waals surface area contributed by atoms with Gasteiger partial charge in [0.05, 0.1) is 40.8 Å². The molecule has 1 amide bonds. The van der Waals surface area contributed by atoms with Crippen molar-refractivity contribution in [2.45, 2.75) is 72.3 Å². The highest BCUT2D eigenvalue weighted by molar-refractivity contribution is 6.76. The molecule has 0 spiro atoms. The van der Waals surface area contributed by atoms with E-state index in [2.05, 4.69) is 30.1 Å². The first-order valence-corrected chi connectivity index (χ1v) is 19.5. The highest BCUT2D eigenvalue weighted by Gasteiger charge is 2.26. The quantitative estimate of drug-likeness (QED) is 0.122. The van der Waals surface area contributed by atoms with Crippen LogP contribution in [0, 0.1) is 12.7 Å². The Bertz CT molecular complexity index is 2030. The first-order valence-electron chi connectivity index (χ1n) is 15.8. The molecule has 0 bridgehead atoms. The van der Waals surface area contributed by atoms with Crippen LogP contribution in [0.2, 0.25) is 25.7 Å². The maximum absolute atomic E-state index is 14.2. The lowest BCUT2D eigenvalue weighted by molar-refractivity contribution is 0.0547. The van der Waals surface area contributed by atoms with Gasteiger partial charge in [-0.1, -0.05) is 50.0 Å². The van der Waals surface area contributed by atoms with Crippen LogP contribution in [0.15, 0.2) is 77.9 Å². The number of rotatable bonds is 10. The van der Waals surface area contributed by atoms with Crippen molar-refractivity contribution in [3.63, 3.8) is 0 Å². The largest absolute Gasteiger partial charge is 0.443 e. The fraction of sp³-hybridized carbons (Fsp3) is 0.333. The second kappa shape index (κ2) is 13.7. The molecule has 252 valence electrons. The summed E-state index contributed by atoms with van der Waals surface area (Å²) in [6.45, 7) is 14.5. The number of hydrogen-bond acceptors (Lipinski definition) is 6. The van der Waals surface area contributed by atoms with E-state index >= 15 is 0 Å². The van der Waals surface area contributed by atoms with Gasteiger partial charge in [-0.2, -0.15) is 5.10 Å². The summed E-state index contributed by atoms with van der Waals surface area (Å²) in [7, 11) is -1.39. The lowest BCUT2D eigenvalue weighted by Gasteiger charge is -2.22. The topological polar surface area (TPSA) is 109 Å². The Morgan fingerprint density at radius 3 is 2.48 bits per heavy atom. The van der Waals surface area contributed by atoms with E-state index in [1.54, 1.807) is 68.9 Å². The lowest BCUT2D eigenvalue weighted by Crippen LogP contribution is -2.30. The van der Waals surface area contributed by atoms with Crippen LogP contribution < -0.4 is 10.9 Å². The summed E-state index contributed by atoms with van der Waals surface area (Å²) in [6.07, 6.45) is 2.38. The molecule has 1 N–H and O–H groups in total. The molecule has 3 aromatic heterocycles. The Labute approximate surface area is 280 Å². The third-order valence-electron chi connectivity index (χ3n) is 7.72. The predicted octanol–water partition coefficient (Wildman–Crippen LogP) is 7.51. The van der Waals surface area contributed by atoms with E-state index in [1.165, 1.54) is 27.5 Å². The molecule has 3 heterocycles. The Kier molecular flexibility index (Phi) is 9.88. The molecule has 12 heteroatoms. The van der Waals surface area contributed by atoms with Crippen LogP contribution >= 0.6 is 0 Å². The van der Waals surface area contributed by atoms with Gasteiger partial charge in [0.25, 0.3) is 11.5 Å². The molecule has 5 aromatic rings. The summed E-state index contributed by atoms with van der Waals surface area (Å²) in [6, 6.07) is 17.8. The number of ether oxygens (including phenoxy) is 2. The number of nitrogens with one attached hydrogen (secondary N) is 1. The monoisotopic (exact) mass is 671 g/mol. The Morgan fingerprint density at radius 1 is 1.02 bits per heavy atom. The molecule has 0 saturated heterocycles. The average Bonchev–Trinajstić information content (AvgIpc) is 3.62. The van der Waals surface area contributed by atoms with Crippen molar-refractivity contribution in [2.75, 3.05) is 11.9 Å². The number of anilines is 1. The van der Waals surface area contributed by atoms with E-state index in [9.17, 15) is 18.8 Å². The predicted molar refractivity (Wildman–Crippen MR) is 188 cm³/mol. The van der Waals surface area contributed by atoms with Crippen molar-refractivity contribution in [3.05, 3.63) is 106 Å². The second-order valence-corrected chi connectivity index (χ2v) is 19.7. The standard InChI is InChI=1S/C36H42FN5O5Si/c1-24-30(39-33(43)27-20-38-40(22-27)21-25-11-10-13-28(37)17-25)19-29(34(44)41(24)23-46-15-16-48(5,6)7)32-18-26-12-8-9-14-31(26)42(32)35(45)47-36(2,3)4/h8-14,17-20,22H,15-16,21,23H2,1-7H3,(H,39,43). The maximum Gasteiger partial charge on any atom is 0.419 e. The number of carbonyl (C=O) groups is 2. The van der Waals surface area contributed by atoms with Crippen LogP contribution in [0.1, 0.15) is 42.4 Å². The van der Waals surface area contributed by atoms with Crippen LogP contribution in [0.5, 0.6) is 0 Å². The Morgan fingerprint density at radius 2 is 1.77 bits per heavy atom. The molecule has 48 heavy (non-hydrogen) atoms. The van der Waals surface area contributed by atoms with E-state index in [0.29, 0.717) is 34.8 Å². The molecule has 10 nitrogen and oxygen atoms in total. The maximum atomic E-state index is 14.2. The van der Waals surface area contributed by atoms with Crippen LogP contribution in [-0.2, 0) is 22.7 Å². The SMILES string of the molecule is Cc1c(NC(=O)c2cnn(Cc3cccc(F)c3)c2)cc(-c2cc3ccccc3n2C(=O)OC(C)(C)C)c(=O)n1COCC[Si](C)(C)C. The molecule has 0 saturated carbocycles. The van der Waals surface area contributed by atoms with Crippen molar-refractivity contribution >= 4 is 36.7 Å². The molecular formula is C36H42FN5O5Si. The second-order valence-electron chi connectivity index (χ2n) is 14.1. The number of hydrogen-bond donors (Lipinski definition) is 1. The number of aromatic nitrogens is 4. The van der Waals surface area contributed by atoms with Crippen LogP contribution in [0.25, 0.3) is 22.2 Å². The minimum atomic E-state index is -1.39. The summed E-state index contributed by atoms with van der Waals surface area (Å²) < 4.78 is 29.9. The van der Waals surface area contributed by atoms with Gasteiger partial charge in [0.2, 0.25) is 0 Å². The van der Waals surface area contributed by atoms with Gasteiger partial charge < -0.3 is 14.8 Å². The summed E-state index contributed by atoms with van der Waals surface area (Å²) >= 11 is 0. The van der Waals surface area contributed by atoms with E-state index in [1.807, 2.05) is 18.2 Å². The van der Waals surface area contributed by atoms with Gasteiger partial charge >= 0.3 is 6.09 Å². The first kappa shape index (κ1) is 34.5. The highest BCUT2D eigenvalue weighted by Crippen LogP contribution is 2.30. The fourth-order valence-corrected chi connectivity index (χ4v) is 5.95. The molecule has 0 unspecified atom stereocenters. The van der Waals surface area contributed by atoms with E-state index in [0.717, 1.165) is 11.4 Å². The number of nitrogens with zero attached hydrogens (tertiary/aromatic N) is 4. The molecule has 0 aliphatic heterocycles. The van der Waals surface area contributed by atoms with Crippen LogP contribution in [0.3, 0.4) is 0 Å². The minimum Gasteiger partial charge on any atom is -0.443 e. The molecule has 0 fully saturated rings. The number of pyridine rings is 1. The fourth-order valence-electron chi connectivity index (χ4n) is 5.19. The summed E-state index contributed by atoms with van der Waals surface area (Å²) in [5, 5.41) is 7.97. The zero-order valence-electron chi connectivity index (χ0n) is 28.5. The average molecular weight is 672 g/mol. The number of fused-ring (bicyclic) bond motifs is 1. The molecule has 5 rings (SSSR count). The van der Waals surface area contributed by atoms with Gasteiger partial charge in [0.1, 0.15) is 18.1 Å². The first-order chi connectivity index (χ1) is 22.6. The molecule has 0 aliphatic rings. The van der Waals surface area contributed by atoms with Gasteiger partial charge in [0.15, 0.2) is 0 Å². The van der Waals surface area contributed by atoms with Gasteiger partial charge in [0, 0.05) is 32.0 Å². The number of amides is 1. The number of benzene rings is 2. The Hall–Kier alpha value is -4.81. The van der Waals surface area contributed by atoms with Crippen molar-refractivity contribution < 1.29 is 23.5 Å². The third kappa shape index (κ3) is 8.18. The van der Waals surface area contributed by atoms with Crippen molar-refractivity contribution in [1.29, 1.82) is 0 Å². The number of carbonyl (C=O) groups excluding carboxylic acids is 2. The van der Waals surface area contributed by atoms with Crippen molar-refractivity contribution in [2.24, 2.45) is 0 Å². The van der Waals surface area contributed by atoms with Crippen molar-refractivity contribution in [1.82, 2.24) is 18.9 Å². The zero-order chi connectivity index (χ0) is 34.8. The van der Waals surface area contributed by atoms with Crippen LogP contribution in [-0.4, -0.2) is 51.2 Å². The highest BCUT2D eigenvalue weighted by atomic mass is 28.3. The van der Waals surface area contributed by atoms with Gasteiger partial charge in [-0.15, -0.1) is 0 Å². The zero-order valence-corrected chi connectivity index (χ0v) is 29.5. The van der Waals surface area contributed by atoms with Gasteiger partial charge in [-0.3, -0.25) is 18.8 Å². The van der Waals surface area contributed by atoms with E-state index in [-0.39, 0.29) is 35.8 Å². The smallest absolute Gasteiger partial charge is 0.419 e. The molecule has 2 aromatic carbocycles. The summed E-state index contributed by atoms with van der Waals surface area (Å²) in [4.78, 5) is 41.4. The van der Waals surface area contributed by atoms with E-state index in [4.69, 9.17) is 9.47 Å². The molecule has 0 aliphatic carbocycles. The lowest BCUT2D eigenvalue weighted by atomic mass is 10.1.